The Bertz CT molecular complexity index is 1080. The van der Waals surface area contributed by atoms with E-state index in [0.717, 1.165) is 16.7 Å². The number of aryl methyl sites for hydroxylation is 1. The first kappa shape index (κ1) is 22.9. The predicted molar refractivity (Wildman–Crippen MR) is 126 cm³/mol. The summed E-state index contributed by atoms with van der Waals surface area (Å²) in [7, 11) is 3.18. The number of hydrogen-bond donors (Lipinski definition) is 2. The fraction of sp³-hybridized carbons (Fsp3) is 0.231. The largest absolute Gasteiger partial charge is 0.493 e. The SMILES string of the molecule is COc1ccc(CCNC(=O)c2ccccc2NC(=O)Cc2ccc(C)cc2)cc1OC. The molecule has 0 saturated heterocycles. The highest BCUT2D eigenvalue weighted by atomic mass is 16.5. The molecule has 0 unspecified atom stereocenters. The Labute approximate surface area is 188 Å². The molecule has 0 saturated carbocycles. The Balaban J connectivity index is 1.59. The minimum Gasteiger partial charge on any atom is -0.493 e. The van der Waals surface area contributed by atoms with Crippen molar-refractivity contribution in [2.75, 3.05) is 26.1 Å². The van der Waals surface area contributed by atoms with Crippen molar-refractivity contribution in [3.8, 4) is 11.5 Å². The zero-order chi connectivity index (χ0) is 22.9. The van der Waals surface area contributed by atoms with Gasteiger partial charge in [-0.2, -0.15) is 0 Å². The molecule has 0 aliphatic rings. The molecular weight excluding hydrogens is 404 g/mol. The van der Waals surface area contributed by atoms with Crippen molar-refractivity contribution >= 4 is 17.5 Å². The summed E-state index contributed by atoms with van der Waals surface area (Å²) in [5, 5.41) is 5.78. The van der Waals surface area contributed by atoms with E-state index in [2.05, 4.69) is 10.6 Å². The van der Waals surface area contributed by atoms with Gasteiger partial charge < -0.3 is 20.1 Å². The van der Waals surface area contributed by atoms with Crippen LogP contribution in [-0.4, -0.2) is 32.6 Å². The lowest BCUT2D eigenvalue weighted by atomic mass is 10.1. The van der Waals surface area contributed by atoms with Crippen LogP contribution in [0.15, 0.2) is 66.7 Å². The summed E-state index contributed by atoms with van der Waals surface area (Å²) in [6.45, 7) is 2.45. The van der Waals surface area contributed by atoms with E-state index in [0.29, 0.717) is 35.7 Å². The fourth-order valence-electron chi connectivity index (χ4n) is 3.33. The maximum absolute atomic E-state index is 12.7. The van der Waals surface area contributed by atoms with Crippen molar-refractivity contribution in [3.63, 3.8) is 0 Å². The quantitative estimate of drug-likeness (QED) is 0.532. The molecule has 0 fully saturated rings. The van der Waals surface area contributed by atoms with Gasteiger partial charge in [-0.3, -0.25) is 9.59 Å². The van der Waals surface area contributed by atoms with Crippen LogP contribution in [0.2, 0.25) is 0 Å². The second-order valence-electron chi connectivity index (χ2n) is 7.45. The molecule has 6 heteroatoms. The molecule has 2 N–H and O–H groups in total. The topological polar surface area (TPSA) is 76.7 Å². The van der Waals surface area contributed by atoms with E-state index < -0.39 is 0 Å². The first-order valence-electron chi connectivity index (χ1n) is 10.4. The number of rotatable bonds is 9. The predicted octanol–water partition coefficient (Wildman–Crippen LogP) is 4.17. The van der Waals surface area contributed by atoms with Crippen molar-refractivity contribution in [1.29, 1.82) is 0 Å². The van der Waals surface area contributed by atoms with Gasteiger partial charge in [0.05, 0.1) is 31.9 Å². The smallest absolute Gasteiger partial charge is 0.253 e. The van der Waals surface area contributed by atoms with E-state index in [4.69, 9.17) is 9.47 Å². The molecule has 0 aliphatic carbocycles. The van der Waals surface area contributed by atoms with Gasteiger partial charge in [0, 0.05) is 6.54 Å². The van der Waals surface area contributed by atoms with Gasteiger partial charge >= 0.3 is 0 Å². The van der Waals surface area contributed by atoms with Gasteiger partial charge in [-0.15, -0.1) is 0 Å². The molecule has 0 atom stereocenters. The molecule has 2 amide bonds. The van der Waals surface area contributed by atoms with E-state index in [9.17, 15) is 9.59 Å². The van der Waals surface area contributed by atoms with E-state index in [-0.39, 0.29) is 18.2 Å². The normalized spacial score (nSPS) is 10.3. The summed E-state index contributed by atoms with van der Waals surface area (Å²) in [6.07, 6.45) is 0.879. The number of ether oxygens (including phenoxy) is 2. The third-order valence-corrected chi connectivity index (χ3v) is 5.08. The molecule has 3 aromatic carbocycles. The molecule has 0 aliphatic heterocycles. The van der Waals surface area contributed by atoms with Crippen LogP contribution in [0.5, 0.6) is 11.5 Å². The van der Waals surface area contributed by atoms with Crippen molar-refractivity contribution in [3.05, 3.63) is 89.0 Å². The number of nitrogens with one attached hydrogen (secondary N) is 2. The average molecular weight is 433 g/mol. The Morgan fingerprint density at radius 3 is 2.25 bits per heavy atom. The fourth-order valence-corrected chi connectivity index (χ4v) is 3.33. The number of anilines is 1. The van der Waals surface area contributed by atoms with Crippen LogP contribution < -0.4 is 20.1 Å². The van der Waals surface area contributed by atoms with Crippen LogP contribution in [0.3, 0.4) is 0 Å². The number of para-hydroxylation sites is 1. The first-order chi connectivity index (χ1) is 15.5. The third kappa shape index (κ3) is 6.11. The monoisotopic (exact) mass is 432 g/mol. The zero-order valence-corrected chi connectivity index (χ0v) is 18.6. The molecule has 0 heterocycles. The highest BCUT2D eigenvalue weighted by Gasteiger charge is 2.13. The van der Waals surface area contributed by atoms with Gasteiger partial charge in [0.2, 0.25) is 5.91 Å². The van der Waals surface area contributed by atoms with Gasteiger partial charge in [-0.05, 0) is 48.7 Å². The summed E-state index contributed by atoms with van der Waals surface area (Å²) in [5.74, 6) is 0.907. The summed E-state index contributed by atoms with van der Waals surface area (Å²) in [4.78, 5) is 25.2. The zero-order valence-electron chi connectivity index (χ0n) is 18.6. The lowest BCUT2D eigenvalue weighted by Crippen LogP contribution is -2.27. The van der Waals surface area contributed by atoms with Crippen molar-refractivity contribution < 1.29 is 19.1 Å². The van der Waals surface area contributed by atoms with Crippen LogP contribution in [0.1, 0.15) is 27.0 Å². The maximum Gasteiger partial charge on any atom is 0.253 e. The van der Waals surface area contributed by atoms with E-state index in [1.807, 2.05) is 49.4 Å². The molecule has 0 aromatic heterocycles. The van der Waals surface area contributed by atoms with Crippen molar-refractivity contribution in [2.24, 2.45) is 0 Å². The van der Waals surface area contributed by atoms with Crippen LogP contribution in [-0.2, 0) is 17.6 Å². The third-order valence-electron chi connectivity index (χ3n) is 5.08. The van der Waals surface area contributed by atoms with Crippen LogP contribution in [0.25, 0.3) is 0 Å². The molecular formula is C26H28N2O4. The number of carbonyl (C=O) groups is 2. The summed E-state index contributed by atoms with van der Waals surface area (Å²) >= 11 is 0. The molecule has 3 rings (SSSR count). The number of carbonyl (C=O) groups excluding carboxylic acids is 2. The van der Waals surface area contributed by atoms with Crippen LogP contribution in [0.4, 0.5) is 5.69 Å². The highest BCUT2D eigenvalue weighted by molar-refractivity contribution is 6.04. The number of methoxy groups -OCH3 is 2. The van der Waals surface area contributed by atoms with Crippen LogP contribution >= 0.6 is 0 Å². The summed E-state index contributed by atoms with van der Waals surface area (Å²) in [5.41, 5.74) is 4.00. The Morgan fingerprint density at radius 1 is 0.844 bits per heavy atom. The second kappa shape index (κ2) is 11.0. The van der Waals surface area contributed by atoms with Gasteiger partial charge in [0.15, 0.2) is 11.5 Å². The number of amides is 2. The van der Waals surface area contributed by atoms with E-state index >= 15 is 0 Å². The second-order valence-corrected chi connectivity index (χ2v) is 7.45. The van der Waals surface area contributed by atoms with Crippen molar-refractivity contribution in [1.82, 2.24) is 5.32 Å². The first-order valence-corrected chi connectivity index (χ1v) is 10.4. The number of benzene rings is 3. The highest BCUT2D eigenvalue weighted by Crippen LogP contribution is 2.27. The van der Waals surface area contributed by atoms with Crippen LogP contribution in [0, 0.1) is 6.92 Å². The average Bonchev–Trinajstić information content (AvgIpc) is 2.80. The summed E-state index contributed by atoms with van der Waals surface area (Å²) < 4.78 is 10.6. The van der Waals surface area contributed by atoms with Gasteiger partial charge in [0.1, 0.15) is 0 Å². The number of hydrogen-bond acceptors (Lipinski definition) is 4. The Morgan fingerprint density at radius 2 is 1.53 bits per heavy atom. The summed E-state index contributed by atoms with van der Waals surface area (Å²) in [6, 6.07) is 20.5. The lowest BCUT2D eigenvalue weighted by Gasteiger charge is -2.12. The molecule has 0 bridgehead atoms. The Kier molecular flexibility index (Phi) is 7.86. The van der Waals surface area contributed by atoms with E-state index in [1.54, 1.807) is 38.5 Å². The molecule has 0 spiro atoms. The molecule has 166 valence electrons. The van der Waals surface area contributed by atoms with E-state index in [1.165, 1.54) is 0 Å². The van der Waals surface area contributed by atoms with Crippen molar-refractivity contribution in [2.45, 2.75) is 19.8 Å². The minimum absolute atomic E-state index is 0.167. The maximum atomic E-state index is 12.7. The molecule has 32 heavy (non-hydrogen) atoms. The molecule has 3 aromatic rings. The molecule has 6 nitrogen and oxygen atoms in total. The molecule has 0 radical (unpaired) electrons. The van der Waals surface area contributed by atoms with Gasteiger partial charge in [0.25, 0.3) is 5.91 Å². The van der Waals surface area contributed by atoms with Gasteiger partial charge in [-0.1, -0.05) is 48.0 Å². The van der Waals surface area contributed by atoms with Gasteiger partial charge in [-0.25, -0.2) is 0 Å². The minimum atomic E-state index is -0.239. The Hall–Kier alpha value is -3.80. The standard InChI is InChI=1S/C26H28N2O4/c1-18-8-10-19(11-9-18)17-25(29)28-22-7-5-4-6-21(22)26(30)27-15-14-20-12-13-23(31-2)24(16-20)32-3/h4-13,16H,14-15,17H2,1-3H3,(H,27,30)(H,28,29). The lowest BCUT2D eigenvalue weighted by molar-refractivity contribution is -0.115.